The Labute approximate surface area is 132 Å². The van der Waals surface area contributed by atoms with Crippen molar-refractivity contribution in [1.82, 2.24) is 10.2 Å². The number of benzene rings is 2. The van der Waals surface area contributed by atoms with Gasteiger partial charge in [-0.2, -0.15) is 0 Å². The number of nitrogens with one attached hydrogen (secondary N) is 1. The number of carbonyl (C=O) groups excluding carboxylic acids is 1. The van der Waals surface area contributed by atoms with Crippen LogP contribution in [0.25, 0.3) is 11.1 Å². The predicted molar refractivity (Wildman–Crippen MR) is 89.8 cm³/mol. The number of hydrogen-bond donors (Lipinski definition) is 1. The van der Waals surface area contributed by atoms with Crippen LogP contribution in [0.1, 0.15) is 16.8 Å². The highest BCUT2D eigenvalue weighted by atomic mass is 16.1. The Kier molecular flexibility index (Phi) is 4.54. The molecule has 3 heteroatoms. The first kappa shape index (κ1) is 14.8. The molecule has 1 saturated heterocycles. The fourth-order valence-corrected chi connectivity index (χ4v) is 2.98. The Balaban J connectivity index is 1.59. The Morgan fingerprint density at radius 1 is 1.09 bits per heavy atom. The van der Waals surface area contributed by atoms with Crippen LogP contribution in [0.2, 0.25) is 0 Å². The van der Waals surface area contributed by atoms with E-state index in [2.05, 4.69) is 29.4 Å². The van der Waals surface area contributed by atoms with Crippen LogP contribution in [0.5, 0.6) is 0 Å². The summed E-state index contributed by atoms with van der Waals surface area (Å²) in [6, 6.07) is 18.0. The summed E-state index contributed by atoms with van der Waals surface area (Å²) in [6.07, 6.45) is 1.17. The SMILES string of the molecule is CN1CCC(CNC(=O)c2ccc(-c3ccccc3)cc2)C1. The number of hydrogen-bond acceptors (Lipinski definition) is 2. The van der Waals surface area contributed by atoms with Gasteiger partial charge in [-0.15, -0.1) is 0 Å². The van der Waals surface area contributed by atoms with Gasteiger partial charge >= 0.3 is 0 Å². The molecule has 1 atom stereocenters. The van der Waals surface area contributed by atoms with Gasteiger partial charge < -0.3 is 10.2 Å². The molecule has 1 fully saturated rings. The number of carbonyl (C=O) groups is 1. The van der Waals surface area contributed by atoms with Crippen molar-refractivity contribution in [2.75, 3.05) is 26.7 Å². The molecule has 1 aliphatic rings. The molecule has 114 valence electrons. The van der Waals surface area contributed by atoms with Gasteiger partial charge in [0.05, 0.1) is 0 Å². The minimum Gasteiger partial charge on any atom is -0.352 e. The van der Waals surface area contributed by atoms with Gasteiger partial charge in [0.2, 0.25) is 0 Å². The van der Waals surface area contributed by atoms with Crippen molar-refractivity contribution in [3.8, 4) is 11.1 Å². The summed E-state index contributed by atoms with van der Waals surface area (Å²) in [4.78, 5) is 14.5. The Bertz CT molecular complexity index is 622. The molecule has 1 N–H and O–H groups in total. The molecule has 3 nitrogen and oxygen atoms in total. The van der Waals surface area contributed by atoms with Crippen molar-refractivity contribution in [3.63, 3.8) is 0 Å². The first-order chi connectivity index (χ1) is 10.7. The molecule has 1 amide bonds. The van der Waals surface area contributed by atoms with E-state index in [0.29, 0.717) is 5.92 Å². The van der Waals surface area contributed by atoms with Gasteiger partial charge in [-0.05, 0) is 49.2 Å². The molecule has 1 unspecified atom stereocenters. The summed E-state index contributed by atoms with van der Waals surface area (Å²) in [6.45, 7) is 2.98. The van der Waals surface area contributed by atoms with E-state index in [1.54, 1.807) is 0 Å². The Morgan fingerprint density at radius 3 is 2.41 bits per heavy atom. The summed E-state index contributed by atoms with van der Waals surface area (Å²) >= 11 is 0. The second kappa shape index (κ2) is 6.75. The molecule has 0 radical (unpaired) electrons. The summed E-state index contributed by atoms with van der Waals surface area (Å²) in [5, 5.41) is 3.06. The van der Waals surface area contributed by atoms with E-state index in [1.807, 2.05) is 42.5 Å². The van der Waals surface area contributed by atoms with Crippen LogP contribution in [0, 0.1) is 5.92 Å². The number of likely N-dealkylation sites (tertiary alicyclic amines) is 1. The average Bonchev–Trinajstić information content (AvgIpc) is 2.99. The van der Waals surface area contributed by atoms with Crippen LogP contribution < -0.4 is 5.32 Å². The van der Waals surface area contributed by atoms with Crippen molar-refractivity contribution in [2.24, 2.45) is 5.92 Å². The van der Waals surface area contributed by atoms with E-state index in [0.717, 1.165) is 30.8 Å². The minimum absolute atomic E-state index is 0.0224. The quantitative estimate of drug-likeness (QED) is 0.940. The molecular weight excluding hydrogens is 272 g/mol. The molecule has 0 aliphatic carbocycles. The predicted octanol–water partition coefficient (Wildman–Crippen LogP) is 3.04. The zero-order valence-corrected chi connectivity index (χ0v) is 13.0. The highest BCUT2D eigenvalue weighted by molar-refractivity contribution is 5.94. The van der Waals surface area contributed by atoms with Crippen molar-refractivity contribution < 1.29 is 4.79 Å². The summed E-state index contributed by atoms with van der Waals surface area (Å²) < 4.78 is 0. The summed E-state index contributed by atoms with van der Waals surface area (Å²) in [7, 11) is 2.13. The Hall–Kier alpha value is -2.13. The second-order valence-electron chi connectivity index (χ2n) is 6.07. The topological polar surface area (TPSA) is 32.3 Å². The van der Waals surface area contributed by atoms with Crippen molar-refractivity contribution in [3.05, 3.63) is 60.2 Å². The van der Waals surface area contributed by atoms with Crippen molar-refractivity contribution >= 4 is 5.91 Å². The first-order valence-corrected chi connectivity index (χ1v) is 7.84. The third-order valence-corrected chi connectivity index (χ3v) is 4.29. The van der Waals surface area contributed by atoms with Gasteiger partial charge in [0.1, 0.15) is 0 Å². The van der Waals surface area contributed by atoms with Crippen LogP contribution in [0.3, 0.4) is 0 Å². The zero-order valence-electron chi connectivity index (χ0n) is 13.0. The number of rotatable bonds is 4. The maximum atomic E-state index is 12.2. The van der Waals surface area contributed by atoms with E-state index in [9.17, 15) is 4.79 Å². The van der Waals surface area contributed by atoms with Gasteiger partial charge in [-0.25, -0.2) is 0 Å². The van der Waals surface area contributed by atoms with E-state index in [1.165, 1.54) is 12.0 Å². The molecule has 0 aromatic heterocycles. The van der Waals surface area contributed by atoms with E-state index in [4.69, 9.17) is 0 Å². The van der Waals surface area contributed by atoms with E-state index in [-0.39, 0.29) is 5.91 Å². The molecule has 22 heavy (non-hydrogen) atoms. The van der Waals surface area contributed by atoms with Crippen LogP contribution in [0.4, 0.5) is 0 Å². The highest BCUT2D eigenvalue weighted by Gasteiger charge is 2.19. The third kappa shape index (κ3) is 3.55. The maximum absolute atomic E-state index is 12.2. The minimum atomic E-state index is 0.0224. The standard InChI is InChI=1S/C19H22N2O/c1-21-12-11-15(14-21)13-20-19(22)18-9-7-17(8-10-18)16-5-3-2-4-6-16/h2-10,15H,11-14H2,1H3,(H,20,22). The number of nitrogens with zero attached hydrogens (tertiary/aromatic N) is 1. The lowest BCUT2D eigenvalue weighted by Gasteiger charge is -2.12. The summed E-state index contributed by atoms with van der Waals surface area (Å²) in [5.74, 6) is 0.603. The molecule has 0 bridgehead atoms. The lowest BCUT2D eigenvalue weighted by Crippen LogP contribution is -2.30. The van der Waals surface area contributed by atoms with Crippen LogP contribution in [0.15, 0.2) is 54.6 Å². The normalized spacial score (nSPS) is 18.3. The largest absolute Gasteiger partial charge is 0.352 e. The molecule has 1 aliphatic heterocycles. The lowest BCUT2D eigenvalue weighted by molar-refractivity contribution is 0.0947. The summed E-state index contributed by atoms with van der Waals surface area (Å²) in [5.41, 5.74) is 3.03. The van der Waals surface area contributed by atoms with Crippen molar-refractivity contribution in [1.29, 1.82) is 0 Å². The van der Waals surface area contributed by atoms with Gasteiger partial charge in [0.15, 0.2) is 0 Å². The van der Waals surface area contributed by atoms with Crippen LogP contribution in [-0.2, 0) is 0 Å². The van der Waals surface area contributed by atoms with Crippen LogP contribution in [-0.4, -0.2) is 37.5 Å². The van der Waals surface area contributed by atoms with Gasteiger partial charge in [0, 0.05) is 18.7 Å². The molecule has 2 aromatic carbocycles. The van der Waals surface area contributed by atoms with Gasteiger partial charge in [0.25, 0.3) is 5.91 Å². The molecule has 3 rings (SSSR count). The molecular formula is C19H22N2O. The smallest absolute Gasteiger partial charge is 0.251 e. The maximum Gasteiger partial charge on any atom is 0.251 e. The fourth-order valence-electron chi connectivity index (χ4n) is 2.98. The third-order valence-electron chi connectivity index (χ3n) is 4.29. The van der Waals surface area contributed by atoms with E-state index < -0.39 is 0 Å². The van der Waals surface area contributed by atoms with Crippen LogP contribution >= 0.6 is 0 Å². The first-order valence-electron chi connectivity index (χ1n) is 7.84. The fraction of sp³-hybridized carbons (Fsp3) is 0.316. The second-order valence-corrected chi connectivity index (χ2v) is 6.07. The lowest BCUT2D eigenvalue weighted by atomic mass is 10.0. The molecule has 0 spiro atoms. The molecule has 2 aromatic rings. The highest BCUT2D eigenvalue weighted by Crippen LogP contribution is 2.19. The van der Waals surface area contributed by atoms with Gasteiger partial charge in [-0.3, -0.25) is 4.79 Å². The Morgan fingerprint density at radius 2 is 1.77 bits per heavy atom. The number of amides is 1. The monoisotopic (exact) mass is 294 g/mol. The molecule has 1 heterocycles. The van der Waals surface area contributed by atoms with Gasteiger partial charge in [-0.1, -0.05) is 42.5 Å². The zero-order chi connectivity index (χ0) is 15.4. The van der Waals surface area contributed by atoms with Crippen molar-refractivity contribution in [2.45, 2.75) is 6.42 Å². The molecule has 0 saturated carbocycles. The average molecular weight is 294 g/mol. The van der Waals surface area contributed by atoms with E-state index >= 15 is 0 Å².